The zero-order valence-corrected chi connectivity index (χ0v) is 21.6. The predicted molar refractivity (Wildman–Crippen MR) is 167 cm³/mol. The lowest BCUT2D eigenvalue weighted by atomic mass is 10.0. The Hall–Kier alpha value is -5.41. The van der Waals surface area contributed by atoms with Crippen molar-refractivity contribution in [2.45, 2.75) is 0 Å². The maximum atomic E-state index is 4.21. The average molecular weight is 510 g/mol. The van der Waals surface area contributed by atoms with Gasteiger partial charge in [-0.3, -0.25) is 4.98 Å². The van der Waals surface area contributed by atoms with Crippen LogP contribution in [-0.2, 0) is 0 Å². The van der Waals surface area contributed by atoms with E-state index in [1.54, 1.807) is 0 Å². The molecule has 0 bridgehead atoms. The summed E-state index contributed by atoms with van der Waals surface area (Å²) < 4.78 is 4.87. The number of hydrogen-bond donors (Lipinski definition) is 0. The van der Waals surface area contributed by atoms with Crippen molar-refractivity contribution in [3.63, 3.8) is 0 Å². The van der Waals surface area contributed by atoms with Gasteiger partial charge in [0.25, 0.3) is 0 Å². The topological polar surface area (TPSA) is 22.2 Å². The molecule has 0 saturated heterocycles. The van der Waals surface area contributed by atoms with Crippen LogP contribution in [0, 0.1) is 0 Å². The molecule has 186 valence electrons. The predicted octanol–water partition coefficient (Wildman–Crippen LogP) is 9.56. The lowest BCUT2D eigenvalue weighted by molar-refractivity contribution is 1.18. The lowest BCUT2D eigenvalue weighted by Gasteiger charge is -2.13. The Kier molecular flexibility index (Phi) is 4.33. The first-order valence-corrected chi connectivity index (χ1v) is 13.6. The van der Waals surface area contributed by atoms with Crippen molar-refractivity contribution in [3.8, 4) is 16.8 Å². The van der Waals surface area contributed by atoms with Gasteiger partial charge in [0.15, 0.2) is 0 Å². The second kappa shape index (κ2) is 8.05. The number of rotatable bonds is 2. The van der Waals surface area contributed by atoms with Crippen molar-refractivity contribution in [2.24, 2.45) is 0 Å². The van der Waals surface area contributed by atoms with Gasteiger partial charge in [0, 0.05) is 45.0 Å². The van der Waals surface area contributed by atoms with E-state index in [9.17, 15) is 0 Å². The molecule has 5 aromatic carbocycles. The largest absolute Gasteiger partial charge is 0.309 e. The highest BCUT2D eigenvalue weighted by molar-refractivity contribution is 6.21. The number of para-hydroxylation sites is 2. The maximum Gasteiger partial charge on any atom is 0.0548 e. The molecule has 0 aliphatic rings. The summed E-state index contributed by atoms with van der Waals surface area (Å²) in [5.74, 6) is 0. The standard InChI is InChI=1S/C37H23N3/c1-5-14-33-26(8-1)21-35-29-12-3-2-11-28(29)31-22-36-32(23-37(31)40(33)35)30-13-4-6-15-34(30)39(36)27-10-7-9-25(20-27)24-16-18-38-19-17-24/h1-23H. The average Bonchev–Trinajstić information content (AvgIpc) is 3.57. The van der Waals surface area contributed by atoms with Gasteiger partial charge in [-0.05, 0) is 71.1 Å². The van der Waals surface area contributed by atoms with Crippen LogP contribution >= 0.6 is 0 Å². The zero-order chi connectivity index (χ0) is 26.2. The molecule has 0 N–H and O–H groups in total. The molecule has 4 aromatic heterocycles. The SMILES string of the molecule is c1cc(-c2ccncc2)cc(-n2c3ccccc3c3cc4c(cc32)c2ccccc2c2cc3ccccc3n24)c1. The van der Waals surface area contributed by atoms with Crippen LogP contribution in [0.25, 0.3) is 76.7 Å². The first-order chi connectivity index (χ1) is 19.8. The van der Waals surface area contributed by atoms with Gasteiger partial charge in [0.2, 0.25) is 0 Å². The van der Waals surface area contributed by atoms with E-state index in [1.807, 2.05) is 12.4 Å². The Bertz CT molecular complexity index is 2430. The maximum absolute atomic E-state index is 4.21. The van der Waals surface area contributed by atoms with Crippen LogP contribution in [0.4, 0.5) is 0 Å². The highest BCUT2D eigenvalue weighted by atomic mass is 15.0. The molecule has 9 aromatic rings. The zero-order valence-electron chi connectivity index (χ0n) is 21.6. The summed E-state index contributed by atoms with van der Waals surface area (Å²) >= 11 is 0. The molecule has 3 heteroatoms. The Labute approximate surface area is 230 Å². The van der Waals surface area contributed by atoms with Gasteiger partial charge in [-0.25, -0.2) is 0 Å². The second-order valence-electron chi connectivity index (χ2n) is 10.5. The van der Waals surface area contributed by atoms with Crippen LogP contribution in [0.1, 0.15) is 0 Å². The highest BCUT2D eigenvalue weighted by Gasteiger charge is 2.18. The minimum Gasteiger partial charge on any atom is -0.309 e. The van der Waals surface area contributed by atoms with E-state index in [1.165, 1.54) is 65.5 Å². The summed E-state index contributed by atoms with van der Waals surface area (Å²) in [6.07, 6.45) is 3.71. The van der Waals surface area contributed by atoms with Crippen LogP contribution in [0.3, 0.4) is 0 Å². The molecule has 0 spiro atoms. The first-order valence-electron chi connectivity index (χ1n) is 13.6. The van der Waals surface area contributed by atoms with Crippen molar-refractivity contribution in [2.75, 3.05) is 0 Å². The Morgan fingerprint density at radius 2 is 1.05 bits per heavy atom. The normalized spacial score (nSPS) is 12.0. The Morgan fingerprint density at radius 1 is 0.400 bits per heavy atom. The van der Waals surface area contributed by atoms with Gasteiger partial charge in [0.05, 0.1) is 27.6 Å². The third-order valence-electron chi connectivity index (χ3n) is 8.35. The third kappa shape index (κ3) is 2.92. The van der Waals surface area contributed by atoms with E-state index in [4.69, 9.17) is 0 Å². The summed E-state index contributed by atoms with van der Waals surface area (Å²) in [6, 6.07) is 46.4. The molecule has 0 unspecified atom stereocenters. The summed E-state index contributed by atoms with van der Waals surface area (Å²) in [6.45, 7) is 0. The van der Waals surface area contributed by atoms with Crippen molar-refractivity contribution in [1.29, 1.82) is 0 Å². The van der Waals surface area contributed by atoms with Crippen LogP contribution in [-0.4, -0.2) is 14.0 Å². The van der Waals surface area contributed by atoms with E-state index in [-0.39, 0.29) is 0 Å². The molecule has 0 amide bonds. The summed E-state index contributed by atoms with van der Waals surface area (Å²) in [5.41, 5.74) is 9.62. The van der Waals surface area contributed by atoms with Gasteiger partial charge in [-0.15, -0.1) is 0 Å². The smallest absolute Gasteiger partial charge is 0.0548 e. The second-order valence-corrected chi connectivity index (χ2v) is 10.5. The van der Waals surface area contributed by atoms with Gasteiger partial charge >= 0.3 is 0 Å². The number of hydrogen-bond acceptors (Lipinski definition) is 1. The van der Waals surface area contributed by atoms with Crippen molar-refractivity contribution in [1.82, 2.24) is 14.0 Å². The molecule has 0 atom stereocenters. The molecular weight excluding hydrogens is 486 g/mol. The summed E-state index contributed by atoms with van der Waals surface area (Å²) in [4.78, 5) is 4.21. The molecule has 40 heavy (non-hydrogen) atoms. The fourth-order valence-corrected chi connectivity index (χ4v) is 6.61. The quantitative estimate of drug-likeness (QED) is 0.213. The minimum atomic E-state index is 1.15. The van der Waals surface area contributed by atoms with E-state index in [0.29, 0.717) is 0 Å². The highest BCUT2D eigenvalue weighted by Crippen LogP contribution is 2.40. The van der Waals surface area contributed by atoms with Crippen LogP contribution in [0.2, 0.25) is 0 Å². The van der Waals surface area contributed by atoms with Crippen molar-refractivity contribution >= 4 is 59.9 Å². The molecule has 3 nitrogen and oxygen atoms in total. The van der Waals surface area contributed by atoms with Crippen molar-refractivity contribution in [3.05, 3.63) is 140 Å². The molecule has 0 fully saturated rings. The fraction of sp³-hybridized carbons (Fsp3) is 0. The molecular formula is C37H23N3. The van der Waals surface area contributed by atoms with Crippen molar-refractivity contribution < 1.29 is 0 Å². The molecule has 0 radical (unpaired) electrons. The first kappa shape index (κ1) is 21.5. The fourth-order valence-electron chi connectivity index (χ4n) is 6.61. The van der Waals surface area contributed by atoms with Gasteiger partial charge in [0.1, 0.15) is 0 Å². The number of aromatic nitrogens is 3. The number of nitrogens with zero attached hydrogens (tertiary/aromatic N) is 3. The van der Waals surface area contributed by atoms with Gasteiger partial charge in [-0.1, -0.05) is 72.8 Å². The lowest BCUT2D eigenvalue weighted by Crippen LogP contribution is -1.95. The molecule has 4 heterocycles. The van der Waals surface area contributed by atoms with Crippen LogP contribution in [0.5, 0.6) is 0 Å². The number of fused-ring (bicyclic) bond motifs is 11. The van der Waals surface area contributed by atoms with Gasteiger partial charge < -0.3 is 8.97 Å². The summed E-state index contributed by atoms with van der Waals surface area (Å²) in [5, 5.41) is 7.57. The van der Waals surface area contributed by atoms with Crippen LogP contribution in [0.15, 0.2) is 140 Å². The van der Waals surface area contributed by atoms with Crippen LogP contribution < -0.4 is 0 Å². The van der Waals surface area contributed by atoms with E-state index < -0.39 is 0 Å². The third-order valence-corrected chi connectivity index (χ3v) is 8.35. The Balaban J connectivity index is 1.46. The summed E-state index contributed by atoms with van der Waals surface area (Å²) in [7, 11) is 0. The molecule has 0 aliphatic heterocycles. The van der Waals surface area contributed by atoms with E-state index in [2.05, 4.69) is 141 Å². The molecule has 0 aliphatic carbocycles. The number of pyridine rings is 2. The minimum absolute atomic E-state index is 1.15. The Morgan fingerprint density at radius 3 is 1.90 bits per heavy atom. The van der Waals surface area contributed by atoms with E-state index in [0.717, 1.165) is 11.3 Å². The monoisotopic (exact) mass is 509 g/mol. The van der Waals surface area contributed by atoms with E-state index >= 15 is 0 Å². The molecule has 9 rings (SSSR count). The molecule has 0 saturated carbocycles. The number of benzene rings is 5. The van der Waals surface area contributed by atoms with Gasteiger partial charge in [-0.2, -0.15) is 0 Å².